The quantitative estimate of drug-likeness (QED) is 0.939. The van der Waals surface area contributed by atoms with Crippen molar-refractivity contribution >= 4 is 15.9 Å². The minimum atomic E-state index is -0.0966. The van der Waals surface area contributed by atoms with Crippen molar-refractivity contribution in [1.29, 1.82) is 0 Å². The molecule has 0 bridgehead atoms. The van der Waals surface area contributed by atoms with Crippen LogP contribution in [0.25, 0.3) is 0 Å². The van der Waals surface area contributed by atoms with Gasteiger partial charge in [0.1, 0.15) is 5.75 Å². The summed E-state index contributed by atoms with van der Waals surface area (Å²) in [4.78, 5) is 4.15. The van der Waals surface area contributed by atoms with Crippen LogP contribution in [0.15, 0.2) is 41.1 Å². The molecule has 0 aliphatic heterocycles. The number of hydrogen-bond donors (Lipinski definition) is 1. The van der Waals surface area contributed by atoms with Crippen molar-refractivity contribution < 1.29 is 4.74 Å². The van der Waals surface area contributed by atoms with Crippen LogP contribution in [0, 0.1) is 6.92 Å². The van der Waals surface area contributed by atoms with Crippen molar-refractivity contribution in [2.24, 2.45) is 5.73 Å². The molecule has 100 valence electrons. The lowest BCUT2D eigenvalue weighted by Crippen LogP contribution is -2.14. The molecule has 1 aromatic carbocycles. The number of hydrogen-bond acceptors (Lipinski definition) is 3. The minimum Gasteiger partial charge on any atom is -0.496 e. The molecule has 2 aromatic rings. The number of halogens is 1. The van der Waals surface area contributed by atoms with Gasteiger partial charge in [0.25, 0.3) is 0 Å². The molecule has 0 saturated heterocycles. The van der Waals surface area contributed by atoms with Crippen LogP contribution in [-0.4, -0.2) is 12.1 Å². The molecule has 19 heavy (non-hydrogen) atoms. The van der Waals surface area contributed by atoms with E-state index < -0.39 is 0 Å². The highest BCUT2D eigenvalue weighted by Gasteiger charge is 2.11. The Morgan fingerprint density at radius 3 is 2.79 bits per heavy atom. The first kappa shape index (κ1) is 14.0. The first-order valence-corrected chi connectivity index (χ1v) is 6.89. The van der Waals surface area contributed by atoms with Crippen LogP contribution in [0.4, 0.5) is 0 Å². The predicted octanol–water partition coefficient (Wildman–Crippen LogP) is 3.40. The molecule has 3 nitrogen and oxygen atoms in total. The zero-order chi connectivity index (χ0) is 13.8. The Labute approximate surface area is 121 Å². The molecule has 0 aliphatic rings. The van der Waals surface area contributed by atoms with Gasteiger partial charge in [-0.2, -0.15) is 0 Å². The standard InChI is InChI=1S/C15H17BrN2O/c1-10-3-4-15(19-2)11(5-10)7-14(17)12-6-13(16)9-18-8-12/h3-6,8-9,14H,7,17H2,1-2H3. The van der Waals surface area contributed by atoms with Gasteiger partial charge in [-0.15, -0.1) is 0 Å². The van der Waals surface area contributed by atoms with Crippen molar-refractivity contribution in [2.75, 3.05) is 7.11 Å². The maximum absolute atomic E-state index is 6.25. The summed E-state index contributed by atoms with van der Waals surface area (Å²) in [7, 11) is 1.68. The monoisotopic (exact) mass is 320 g/mol. The third-order valence-electron chi connectivity index (χ3n) is 3.03. The second kappa shape index (κ2) is 6.17. The van der Waals surface area contributed by atoms with Crippen LogP contribution < -0.4 is 10.5 Å². The van der Waals surface area contributed by atoms with Gasteiger partial charge in [-0.05, 0) is 52.5 Å². The van der Waals surface area contributed by atoms with Gasteiger partial charge >= 0.3 is 0 Å². The average molecular weight is 321 g/mol. The van der Waals surface area contributed by atoms with Crippen molar-refractivity contribution in [3.63, 3.8) is 0 Å². The van der Waals surface area contributed by atoms with Crippen LogP contribution in [-0.2, 0) is 6.42 Å². The number of ether oxygens (including phenoxy) is 1. The summed E-state index contributed by atoms with van der Waals surface area (Å²) in [6, 6.07) is 8.04. The number of pyridine rings is 1. The Morgan fingerprint density at radius 2 is 2.11 bits per heavy atom. The summed E-state index contributed by atoms with van der Waals surface area (Å²) < 4.78 is 6.32. The highest BCUT2D eigenvalue weighted by Crippen LogP contribution is 2.25. The van der Waals surface area contributed by atoms with E-state index in [1.54, 1.807) is 19.5 Å². The number of nitrogens with two attached hydrogens (primary N) is 1. The number of benzene rings is 1. The van der Waals surface area contributed by atoms with E-state index in [0.29, 0.717) is 0 Å². The SMILES string of the molecule is COc1ccc(C)cc1CC(N)c1cncc(Br)c1. The number of methoxy groups -OCH3 is 1. The number of aromatic nitrogens is 1. The van der Waals surface area contributed by atoms with Gasteiger partial charge in [0.2, 0.25) is 0 Å². The van der Waals surface area contributed by atoms with E-state index in [2.05, 4.69) is 33.9 Å². The van der Waals surface area contributed by atoms with Gasteiger partial charge in [0.15, 0.2) is 0 Å². The highest BCUT2D eigenvalue weighted by molar-refractivity contribution is 9.10. The molecule has 1 atom stereocenters. The third kappa shape index (κ3) is 3.55. The normalized spacial score (nSPS) is 12.2. The molecule has 0 spiro atoms. The molecule has 0 saturated carbocycles. The van der Waals surface area contributed by atoms with E-state index in [1.807, 2.05) is 18.2 Å². The lowest BCUT2D eigenvalue weighted by Gasteiger charge is -2.15. The topological polar surface area (TPSA) is 48.1 Å². The van der Waals surface area contributed by atoms with Crippen molar-refractivity contribution in [1.82, 2.24) is 4.98 Å². The molecule has 4 heteroatoms. The molecule has 1 heterocycles. The van der Waals surface area contributed by atoms with Gasteiger partial charge in [-0.25, -0.2) is 0 Å². The summed E-state index contributed by atoms with van der Waals surface area (Å²) >= 11 is 3.41. The van der Waals surface area contributed by atoms with Gasteiger partial charge in [0.05, 0.1) is 7.11 Å². The highest BCUT2D eigenvalue weighted by atomic mass is 79.9. The van der Waals surface area contributed by atoms with Gasteiger partial charge in [-0.1, -0.05) is 17.7 Å². The van der Waals surface area contributed by atoms with Crippen molar-refractivity contribution in [2.45, 2.75) is 19.4 Å². The molecule has 2 rings (SSSR count). The average Bonchev–Trinajstić information content (AvgIpc) is 2.39. The Bertz CT molecular complexity index is 572. The van der Waals surface area contributed by atoms with Crippen LogP contribution in [0.3, 0.4) is 0 Å². The first-order chi connectivity index (χ1) is 9.10. The van der Waals surface area contributed by atoms with Gasteiger partial charge < -0.3 is 10.5 Å². The summed E-state index contributed by atoms with van der Waals surface area (Å²) in [6.45, 7) is 2.06. The Balaban J connectivity index is 2.23. The second-order valence-corrected chi connectivity index (χ2v) is 5.48. The van der Waals surface area contributed by atoms with E-state index >= 15 is 0 Å². The Morgan fingerprint density at radius 1 is 1.32 bits per heavy atom. The summed E-state index contributed by atoms with van der Waals surface area (Å²) in [6.07, 6.45) is 4.28. The summed E-state index contributed by atoms with van der Waals surface area (Å²) in [5.74, 6) is 0.879. The third-order valence-corrected chi connectivity index (χ3v) is 3.46. The fraction of sp³-hybridized carbons (Fsp3) is 0.267. The lowest BCUT2D eigenvalue weighted by atomic mass is 9.99. The van der Waals surface area contributed by atoms with Gasteiger partial charge in [-0.3, -0.25) is 4.98 Å². The molecule has 0 aliphatic carbocycles. The van der Waals surface area contributed by atoms with E-state index in [-0.39, 0.29) is 6.04 Å². The van der Waals surface area contributed by atoms with E-state index in [0.717, 1.165) is 27.8 Å². The van der Waals surface area contributed by atoms with E-state index in [9.17, 15) is 0 Å². The molecule has 2 N–H and O–H groups in total. The zero-order valence-electron chi connectivity index (χ0n) is 11.1. The molecular formula is C15H17BrN2O. The smallest absolute Gasteiger partial charge is 0.122 e. The predicted molar refractivity (Wildman–Crippen MR) is 80.3 cm³/mol. The Hall–Kier alpha value is -1.39. The van der Waals surface area contributed by atoms with Crippen LogP contribution >= 0.6 is 15.9 Å². The molecule has 0 radical (unpaired) electrons. The molecule has 0 amide bonds. The lowest BCUT2D eigenvalue weighted by molar-refractivity contribution is 0.408. The minimum absolute atomic E-state index is 0.0966. The zero-order valence-corrected chi connectivity index (χ0v) is 12.6. The number of rotatable bonds is 4. The Kier molecular flexibility index (Phi) is 4.56. The second-order valence-electron chi connectivity index (χ2n) is 4.56. The van der Waals surface area contributed by atoms with Crippen LogP contribution in [0.1, 0.15) is 22.7 Å². The van der Waals surface area contributed by atoms with Crippen molar-refractivity contribution in [3.8, 4) is 5.75 Å². The maximum Gasteiger partial charge on any atom is 0.122 e. The molecule has 1 aromatic heterocycles. The molecule has 1 unspecified atom stereocenters. The van der Waals surface area contributed by atoms with Crippen molar-refractivity contribution in [3.05, 3.63) is 57.8 Å². The summed E-state index contributed by atoms with van der Waals surface area (Å²) in [5.41, 5.74) is 9.59. The van der Waals surface area contributed by atoms with Crippen LogP contribution in [0.2, 0.25) is 0 Å². The number of aryl methyl sites for hydroxylation is 1. The van der Waals surface area contributed by atoms with E-state index in [4.69, 9.17) is 10.5 Å². The largest absolute Gasteiger partial charge is 0.496 e. The van der Waals surface area contributed by atoms with Crippen LogP contribution in [0.5, 0.6) is 5.75 Å². The first-order valence-electron chi connectivity index (χ1n) is 6.09. The van der Waals surface area contributed by atoms with Gasteiger partial charge in [0, 0.05) is 22.9 Å². The fourth-order valence-electron chi connectivity index (χ4n) is 2.05. The molecular weight excluding hydrogens is 304 g/mol. The maximum atomic E-state index is 6.25. The summed E-state index contributed by atoms with van der Waals surface area (Å²) in [5, 5.41) is 0. The number of nitrogens with zero attached hydrogens (tertiary/aromatic N) is 1. The van der Waals surface area contributed by atoms with E-state index in [1.165, 1.54) is 5.56 Å². The molecule has 0 fully saturated rings. The fourth-order valence-corrected chi connectivity index (χ4v) is 2.44.